The molecule has 2 aromatic rings. The molecule has 0 amide bonds. The molecular formula is C20H24N2O3. The van der Waals surface area contributed by atoms with Crippen LogP contribution in [0, 0.1) is 5.92 Å². The van der Waals surface area contributed by atoms with Gasteiger partial charge in [-0.05, 0) is 18.9 Å². The van der Waals surface area contributed by atoms with Crippen molar-refractivity contribution in [1.82, 2.24) is 9.88 Å². The molecule has 5 heteroatoms. The lowest BCUT2D eigenvalue weighted by atomic mass is 9.81. The van der Waals surface area contributed by atoms with E-state index >= 15 is 0 Å². The van der Waals surface area contributed by atoms with Crippen LogP contribution in [0.25, 0.3) is 10.9 Å². The Morgan fingerprint density at radius 2 is 1.92 bits per heavy atom. The fourth-order valence-corrected chi connectivity index (χ4v) is 4.59. The van der Waals surface area contributed by atoms with Gasteiger partial charge >= 0.3 is 5.97 Å². The minimum absolute atomic E-state index is 0.0554. The van der Waals surface area contributed by atoms with Crippen molar-refractivity contribution in [3.05, 3.63) is 35.5 Å². The zero-order valence-electron chi connectivity index (χ0n) is 14.3. The predicted molar refractivity (Wildman–Crippen MR) is 95.6 cm³/mol. The van der Waals surface area contributed by atoms with E-state index in [9.17, 15) is 14.7 Å². The van der Waals surface area contributed by atoms with E-state index in [1.54, 1.807) is 0 Å². The Morgan fingerprint density at radius 1 is 1.16 bits per heavy atom. The number of nitrogens with zero attached hydrogens (tertiary/aromatic N) is 1. The van der Waals surface area contributed by atoms with Crippen molar-refractivity contribution in [2.45, 2.75) is 51.1 Å². The van der Waals surface area contributed by atoms with Gasteiger partial charge in [-0.1, -0.05) is 37.5 Å². The number of rotatable bonds is 4. The van der Waals surface area contributed by atoms with Gasteiger partial charge in [-0.2, -0.15) is 0 Å². The molecule has 1 aliphatic carbocycles. The molecule has 2 aliphatic rings. The van der Waals surface area contributed by atoms with Crippen molar-refractivity contribution < 1.29 is 14.7 Å². The molecule has 0 spiro atoms. The Hall–Kier alpha value is -2.14. The summed E-state index contributed by atoms with van der Waals surface area (Å²) in [7, 11) is 0. The lowest BCUT2D eigenvalue weighted by Crippen LogP contribution is -2.39. The second-order valence-corrected chi connectivity index (χ2v) is 7.23. The molecule has 0 radical (unpaired) electrons. The van der Waals surface area contributed by atoms with E-state index in [2.05, 4.69) is 5.32 Å². The van der Waals surface area contributed by atoms with Crippen molar-refractivity contribution in [2.24, 2.45) is 5.92 Å². The minimum atomic E-state index is -0.850. The van der Waals surface area contributed by atoms with Crippen LogP contribution in [0.15, 0.2) is 24.3 Å². The van der Waals surface area contributed by atoms with Crippen LogP contribution in [-0.2, 0) is 22.6 Å². The third kappa shape index (κ3) is 2.86. The number of fused-ring (bicyclic) bond motifs is 3. The zero-order valence-corrected chi connectivity index (χ0v) is 14.3. The van der Waals surface area contributed by atoms with Gasteiger partial charge in [0, 0.05) is 41.0 Å². The summed E-state index contributed by atoms with van der Waals surface area (Å²) in [5, 5.41) is 13.8. The molecule has 1 aromatic carbocycles. The zero-order chi connectivity index (χ0) is 17.4. The molecule has 0 bridgehead atoms. The molecule has 1 atom stereocenters. The maximum absolute atomic E-state index is 13.2. The smallest absolute Gasteiger partial charge is 0.323 e. The molecular weight excluding hydrogens is 316 g/mol. The standard InChI is InChI=1S/C20H24N2O3/c23-17(24)12-22-15-9-5-4-8-14(15)18-16(22)10-11-21-19(18)20(25)13-6-2-1-3-7-13/h4-5,8-9,13,19,21H,1-3,6-7,10-12H2,(H,23,24). The van der Waals surface area contributed by atoms with Crippen LogP contribution in [0.3, 0.4) is 0 Å². The van der Waals surface area contributed by atoms with Gasteiger partial charge in [-0.15, -0.1) is 0 Å². The normalized spacial score (nSPS) is 21.2. The number of carboxylic acids is 1. The van der Waals surface area contributed by atoms with Gasteiger partial charge in [-0.25, -0.2) is 0 Å². The van der Waals surface area contributed by atoms with E-state index in [1.165, 1.54) is 6.42 Å². The highest BCUT2D eigenvalue weighted by molar-refractivity contribution is 5.96. The summed E-state index contributed by atoms with van der Waals surface area (Å²) in [5.41, 5.74) is 2.94. The number of benzene rings is 1. The average Bonchev–Trinajstić information content (AvgIpc) is 2.96. The van der Waals surface area contributed by atoms with Crippen LogP contribution < -0.4 is 5.32 Å². The number of para-hydroxylation sites is 1. The van der Waals surface area contributed by atoms with Gasteiger partial charge in [0.15, 0.2) is 5.78 Å². The third-order valence-corrected chi connectivity index (χ3v) is 5.71. The van der Waals surface area contributed by atoms with Gasteiger partial charge in [0.05, 0.1) is 6.04 Å². The van der Waals surface area contributed by atoms with Crippen molar-refractivity contribution in [3.8, 4) is 0 Å². The predicted octanol–water partition coefficient (Wildman–Crippen LogP) is 3.06. The Bertz CT molecular complexity index is 818. The molecule has 1 aromatic heterocycles. The van der Waals surface area contributed by atoms with Crippen LogP contribution in [0.2, 0.25) is 0 Å². The van der Waals surface area contributed by atoms with E-state index in [1.807, 2.05) is 28.8 Å². The summed E-state index contributed by atoms with van der Waals surface area (Å²) in [6, 6.07) is 7.56. The number of aromatic nitrogens is 1. The van der Waals surface area contributed by atoms with Crippen LogP contribution in [0.4, 0.5) is 0 Å². The SMILES string of the molecule is O=C(O)Cn1c2c(c3ccccc31)C(C(=O)C1CCCCC1)NCC2. The molecule has 2 heterocycles. The van der Waals surface area contributed by atoms with Crippen LogP contribution in [0.5, 0.6) is 0 Å². The number of ketones is 1. The van der Waals surface area contributed by atoms with Crippen molar-refractivity contribution in [1.29, 1.82) is 0 Å². The second-order valence-electron chi connectivity index (χ2n) is 7.23. The number of hydrogen-bond acceptors (Lipinski definition) is 3. The number of nitrogens with one attached hydrogen (secondary N) is 1. The maximum atomic E-state index is 13.2. The number of aliphatic carboxylic acids is 1. The fraction of sp³-hybridized carbons (Fsp3) is 0.500. The van der Waals surface area contributed by atoms with Crippen molar-refractivity contribution >= 4 is 22.7 Å². The lowest BCUT2D eigenvalue weighted by molar-refractivity contribution is -0.137. The first kappa shape index (κ1) is 16.3. The largest absolute Gasteiger partial charge is 0.480 e. The number of carbonyl (C=O) groups is 2. The molecule has 132 valence electrons. The summed E-state index contributed by atoms with van der Waals surface area (Å²) in [5.74, 6) is -0.421. The third-order valence-electron chi connectivity index (χ3n) is 5.71. The highest BCUT2D eigenvalue weighted by Crippen LogP contribution is 2.37. The number of hydrogen-bond donors (Lipinski definition) is 2. The van der Waals surface area contributed by atoms with E-state index in [4.69, 9.17) is 0 Å². The monoisotopic (exact) mass is 340 g/mol. The first-order chi connectivity index (χ1) is 12.2. The molecule has 1 fully saturated rings. The summed E-state index contributed by atoms with van der Waals surface area (Å²) in [6.45, 7) is 0.659. The Kier molecular flexibility index (Phi) is 4.34. The number of carbonyl (C=O) groups excluding carboxylic acids is 1. The molecule has 2 N–H and O–H groups in total. The lowest BCUT2D eigenvalue weighted by Gasteiger charge is -2.29. The highest BCUT2D eigenvalue weighted by atomic mass is 16.4. The van der Waals surface area contributed by atoms with Crippen molar-refractivity contribution in [2.75, 3.05) is 6.54 Å². The number of carboxylic acid groups (broad SMARTS) is 1. The topological polar surface area (TPSA) is 71.3 Å². The molecule has 0 saturated heterocycles. The van der Waals surface area contributed by atoms with Crippen LogP contribution >= 0.6 is 0 Å². The van der Waals surface area contributed by atoms with Crippen LogP contribution in [0.1, 0.15) is 49.4 Å². The second kappa shape index (κ2) is 6.64. The Labute approximate surface area is 147 Å². The molecule has 1 unspecified atom stereocenters. The van der Waals surface area contributed by atoms with Gasteiger partial charge in [0.1, 0.15) is 6.54 Å². The molecule has 25 heavy (non-hydrogen) atoms. The Balaban J connectivity index is 1.80. The molecule has 5 nitrogen and oxygen atoms in total. The van der Waals surface area contributed by atoms with E-state index in [0.717, 1.165) is 54.3 Å². The summed E-state index contributed by atoms with van der Waals surface area (Å²) >= 11 is 0. The maximum Gasteiger partial charge on any atom is 0.323 e. The van der Waals surface area contributed by atoms with Gasteiger partial charge in [0.25, 0.3) is 0 Å². The summed E-state index contributed by atoms with van der Waals surface area (Å²) in [6.07, 6.45) is 6.23. The molecule has 1 aliphatic heterocycles. The highest BCUT2D eigenvalue weighted by Gasteiger charge is 2.35. The summed E-state index contributed by atoms with van der Waals surface area (Å²) in [4.78, 5) is 24.6. The van der Waals surface area contributed by atoms with Crippen molar-refractivity contribution in [3.63, 3.8) is 0 Å². The average molecular weight is 340 g/mol. The van der Waals surface area contributed by atoms with Gasteiger partial charge in [0.2, 0.25) is 0 Å². The van der Waals surface area contributed by atoms with E-state index in [0.29, 0.717) is 12.3 Å². The molecule has 1 saturated carbocycles. The first-order valence-corrected chi connectivity index (χ1v) is 9.25. The van der Waals surface area contributed by atoms with E-state index in [-0.39, 0.29) is 18.5 Å². The minimum Gasteiger partial charge on any atom is -0.480 e. The summed E-state index contributed by atoms with van der Waals surface area (Å²) < 4.78 is 1.88. The quantitative estimate of drug-likeness (QED) is 0.897. The Morgan fingerprint density at radius 3 is 2.68 bits per heavy atom. The molecule has 4 rings (SSSR count). The van der Waals surface area contributed by atoms with E-state index < -0.39 is 5.97 Å². The van der Waals surface area contributed by atoms with Gasteiger partial charge < -0.3 is 15.0 Å². The number of Topliss-reactive ketones (excluding diaryl/α,β-unsaturated/α-hetero) is 1. The fourth-order valence-electron chi connectivity index (χ4n) is 4.59. The van der Waals surface area contributed by atoms with Gasteiger partial charge in [-0.3, -0.25) is 9.59 Å². The van der Waals surface area contributed by atoms with Crippen LogP contribution in [-0.4, -0.2) is 28.0 Å². The first-order valence-electron chi connectivity index (χ1n) is 9.25.